The summed E-state index contributed by atoms with van der Waals surface area (Å²) in [6.07, 6.45) is 1.45. The Hall–Kier alpha value is -3.15. The molecule has 2 heterocycles. The van der Waals surface area contributed by atoms with Crippen molar-refractivity contribution in [1.29, 1.82) is 0 Å². The van der Waals surface area contributed by atoms with Crippen LogP contribution in [-0.2, 0) is 14.4 Å². The fraction of sp³-hybridized carbons (Fsp3) is 0.250. The third kappa shape index (κ3) is 2.94. The van der Waals surface area contributed by atoms with Gasteiger partial charge in [0.2, 0.25) is 17.7 Å². The Morgan fingerprint density at radius 2 is 1.85 bits per heavy atom. The first-order chi connectivity index (χ1) is 12.6. The van der Waals surface area contributed by atoms with E-state index in [1.54, 1.807) is 17.0 Å². The lowest BCUT2D eigenvalue weighted by molar-refractivity contribution is -0.123. The van der Waals surface area contributed by atoms with Crippen LogP contribution in [0.3, 0.4) is 0 Å². The van der Waals surface area contributed by atoms with Gasteiger partial charge < -0.3 is 15.5 Å². The van der Waals surface area contributed by atoms with E-state index in [0.29, 0.717) is 30.0 Å². The largest absolute Gasteiger partial charge is 0.326 e. The van der Waals surface area contributed by atoms with Crippen LogP contribution in [0.15, 0.2) is 48.5 Å². The summed E-state index contributed by atoms with van der Waals surface area (Å²) >= 11 is 0. The number of nitrogens with one attached hydrogen (secondary N) is 2. The Bertz CT molecular complexity index is 893. The molecule has 0 saturated carbocycles. The lowest BCUT2D eigenvalue weighted by atomic mass is 9.89. The lowest BCUT2D eigenvalue weighted by Crippen LogP contribution is -2.31. The number of hydrogen-bond donors (Lipinski definition) is 2. The summed E-state index contributed by atoms with van der Waals surface area (Å²) in [7, 11) is 0. The molecule has 0 radical (unpaired) electrons. The molecule has 2 N–H and O–H groups in total. The van der Waals surface area contributed by atoms with Crippen molar-refractivity contribution in [3.63, 3.8) is 0 Å². The van der Waals surface area contributed by atoms with Crippen LogP contribution in [0.2, 0.25) is 0 Å². The highest BCUT2D eigenvalue weighted by Crippen LogP contribution is 2.35. The molecular formula is C20H19N3O3. The number of para-hydroxylation sites is 3. The predicted octanol–water partition coefficient (Wildman–Crippen LogP) is 2.88. The van der Waals surface area contributed by atoms with E-state index in [-0.39, 0.29) is 24.1 Å². The lowest BCUT2D eigenvalue weighted by Gasteiger charge is -2.26. The quantitative estimate of drug-likeness (QED) is 0.894. The third-order valence-electron chi connectivity index (χ3n) is 4.84. The van der Waals surface area contributed by atoms with E-state index in [0.717, 1.165) is 12.0 Å². The summed E-state index contributed by atoms with van der Waals surface area (Å²) in [6.45, 7) is 0.653. The van der Waals surface area contributed by atoms with Crippen LogP contribution in [0.4, 0.5) is 17.1 Å². The minimum atomic E-state index is -0.553. The molecule has 4 rings (SSSR count). The van der Waals surface area contributed by atoms with Gasteiger partial charge in [0, 0.05) is 25.1 Å². The van der Waals surface area contributed by atoms with Gasteiger partial charge in [-0.25, -0.2) is 0 Å². The molecule has 1 unspecified atom stereocenters. The number of benzene rings is 2. The SMILES string of the molecule is O=C1CC(C(=O)Nc2ccccc2N2CCCC2=O)c2ccccc2N1. The highest BCUT2D eigenvalue weighted by molar-refractivity contribution is 6.07. The Labute approximate surface area is 151 Å². The maximum Gasteiger partial charge on any atom is 0.232 e. The number of rotatable bonds is 3. The molecule has 1 saturated heterocycles. The van der Waals surface area contributed by atoms with E-state index >= 15 is 0 Å². The molecule has 0 spiro atoms. The average Bonchev–Trinajstić information content (AvgIpc) is 3.07. The Morgan fingerprint density at radius 3 is 2.65 bits per heavy atom. The van der Waals surface area contributed by atoms with E-state index < -0.39 is 5.92 Å². The molecule has 6 nitrogen and oxygen atoms in total. The predicted molar refractivity (Wildman–Crippen MR) is 99.1 cm³/mol. The molecule has 2 aromatic rings. The normalized spacial score (nSPS) is 19.1. The topological polar surface area (TPSA) is 78.5 Å². The summed E-state index contributed by atoms with van der Waals surface area (Å²) < 4.78 is 0. The molecule has 132 valence electrons. The van der Waals surface area contributed by atoms with E-state index in [1.165, 1.54) is 0 Å². The maximum atomic E-state index is 12.9. The number of fused-ring (bicyclic) bond motifs is 1. The van der Waals surface area contributed by atoms with Crippen molar-refractivity contribution in [3.05, 3.63) is 54.1 Å². The van der Waals surface area contributed by atoms with E-state index in [4.69, 9.17) is 0 Å². The zero-order valence-electron chi connectivity index (χ0n) is 14.2. The molecule has 6 heteroatoms. The molecule has 3 amide bonds. The van der Waals surface area contributed by atoms with Crippen molar-refractivity contribution >= 4 is 34.8 Å². The zero-order valence-corrected chi connectivity index (χ0v) is 14.2. The Morgan fingerprint density at radius 1 is 1.08 bits per heavy atom. The summed E-state index contributed by atoms with van der Waals surface area (Å²) in [6, 6.07) is 14.6. The van der Waals surface area contributed by atoms with Gasteiger partial charge in [0.15, 0.2) is 0 Å². The number of amides is 3. The van der Waals surface area contributed by atoms with Crippen LogP contribution in [0.25, 0.3) is 0 Å². The van der Waals surface area contributed by atoms with Crippen LogP contribution in [0.1, 0.15) is 30.7 Å². The van der Waals surface area contributed by atoms with Crippen molar-refractivity contribution < 1.29 is 14.4 Å². The molecule has 2 aromatic carbocycles. The van der Waals surface area contributed by atoms with Crippen molar-refractivity contribution in [2.75, 3.05) is 22.1 Å². The molecule has 0 aromatic heterocycles. The van der Waals surface area contributed by atoms with Gasteiger partial charge in [-0.3, -0.25) is 14.4 Å². The molecule has 2 aliphatic heterocycles. The second-order valence-electron chi connectivity index (χ2n) is 6.55. The first kappa shape index (κ1) is 16.3. The van der Waals surface area contributed by atoms with Gasteiger partial charge in [0.1, 0.15) is 0 Å². The summed E-state index contributed by atoms with van der Waals surface area (Å²) in [5, 5.41) is 5.73. The fourth-order valence-corrected chi connectivity index (χ4v) is 3.58. The third-order valence-corrected chi connectivity index (χ3v) is 4.84. The number of nitrogens with zero attached hydrogens (tertiary/aromatic N) is 1. The molecule has 0 aliphatic carbocycles. The molecule has 2 aliphatic rings. The van der Waals surface area contributed by atoms with Gasteiger partial charge in [0.05, 0.1) is 17.3 Å². The summed E-state index contributed by atoms with van der Waals surface area (Å²) in [5.41, 5.74) is 2.78. The maximum absolute atomic E-state index is 12.9. The van der Waals surface area contributed by atoms with Crippen molar-refractivity contribution in [2.24, 2.45) is 0 Å². The number of carbonyl (C=O) groups excluding carboxylic acids is 3. The number of carbonyl (C=O) groups is 3. The van der Waals surface area contributed by atoms with Crippen molar-refractivity contribution in [1.82, 2.24) is 0 Å². The van der Waals surface area contributed by atoms with Gasteiger partial charge in [-0.1, -0.05) is 30.3 Å². The molecular weight excluding hydrogens is 330 g/mol. The molecule has 26 heavy (non-hydrogen) atoms. The Kier molecular flexibility index (Phi) is 4.16. The monoisotopic (exact) mass is 349 g/mol. The zero-order chi connectivity index (χ0) is 18.1. The van der Waals surface area contributed by atoms with Crippen molar-refractivity contribution in [2.45, 2.75) is 25.2 Å². The Balaban J connectivity index is 1.62. The fourth-order valence-electron chi connectivity index (χ4n) is 3.58. The highest BCUT2D eigenvalue weighted by Gasteiger charge is 2.31. The van der Waals surface area contributed by atoms with Crippen molar-refractivity contribution in [3.8, 4) is 0 Å². The van der Waals surface area contributed by atoms with Crippen LogP contribution in [-0.4, -0.2) is 24.3 Å². The number of hydrogen-bond acceptors (Lipinski definition) is 3. The van der Waals surface area contributed by atoms with Gasteiger partial charge in [-0.05, 0) is 30.2 Å². The first-order valence-electron chi connectivity index (χ1n) is 8.72. The van der Waals surface area contributed by atoms with Crippen LogP contribution in [0, 0.1) is 0 Å². The minimum Gasteiger partial charge on any atom is -0.326 e. The van der Waals surface area contributed by atoms with Gasteiger partial charge in [0.25, 0.3) is 0 Å². The van der Waals surface area contributed by atoms with Gasteiger partial charge in [-0.15, -0.1) is 0 Å². The van der Waals surface area contributed by atoms with Gasteiger partial charge in [-0.2, -0.15) is 0 Å². The molecule has 0 bridgehead atoms. The second kappa shape index (κ2) is 6.63. The smallest absolute Gasteiger partial charge is 0.232 e. The van der Waals surface area contributed by atoms with E-state index in [2.05, 4.69) is 10.6 Å². The molecule has 1 fully saturated rings. The minimum absolute atomic E-state index is 0.0640. The second-order valence-corrected chi connectivity index (χ2v) is 6.55. The summed E-state index contributed by atoms with van der Waals surface area (Å²) in [5.74, 6) is -0.908. The number of anilines is 3. The summed E-state index contributed by atoms with van der Waals surface area (Å²) in [4.78, 5) is 38.7. The van der Waals surface area contributed by atoms with E-state index in [9.17, 15) is 14.4 Å². The highest BCUT2D eigenvalue weighted by atomic mass is 16.2. The molecule has 1 atom stereocenters. The average molecular weight is 349 g/mol. The standard InChI is InChI=1S/C20H19N3O3/c24-18-12-14(13-6-1-2-7-15(13)21-18)20(26)22-16-8-3-4-9-17(16)23-11-5-10-19(23)25/h1-4,6-9,14H,5,10-12H2,(H,21,24)(H,22,26). The van der Waals surface area contributed by atoms with E-state index in [1.807, 2.05) is 36.4 Å². The van der Waals surface area contributed by atoms with Gasteiger partial charge >= 0.3 is 0 Å². The van der Waals surface area contributed by atoms with Crippen LogP contribution >= 0.6 is 0 Å². The van der Waals surface area contributed by atoms with Crippen LogP contribution < -0.4 is 15.5 Å². The van der Waals surface area contributed by atoms with Crippen LogP contribution in [0.5, 0.6) is 0 Å². The first-order valence-corrected chi connectivity index (χ1v) is 8.72.